The Hall–Kier alpha value is -0.600. The Bertz CT molecular complexity index is 359. The van der Waals surface area contributed by atoms with Crippen molar-refractivity contribution in [3.8, 4) is 0 Å². The minimum Gasteiger partial charge on any atom is -0.316 e. The largest absolute Gasteiger partial charge is 0.316 e. The van der Waals surface area contributed by atoms with Gasteiger partial charge in [0.2, 0.25) is 0 Å². The van der Waals surface area contributed by atoms with Crippen molar-refractivity contribution in [2.75, 3.05) is 13.1 Å². The summed E-state index contributed by atoms with van der Waals surface area (Å²) in [5, 5.41) is 3.54. The van der Waals surface area contributed by atoms with Gasteiger partial charge in [-0.15, -0.1) is 0 Å². The lowest BCUT2D eigenvalue weighted by Crippen LogP contribution is -2.11. The van der Waals surface area contributed by atoms with Gasteiger partial charge in [-0.05, 0) is 56.0 Å². The molecule has 2 rings (SSSR count). The number of rotatable bonds is 2. The molecule has 0 amide bonds. The first-order valence-corrected chi connectivity index (χ1v) is 5.70. The van der Waals surface area contributed by atoms with Gasteiger partial charge in [-0.25, -0.2) is 4.39 Å². The Morgan fingerprint density at radius 1 is 1.53 bits per heavy atom. The van der Waals surface area contributed by atoms with Gasteiger partial charge in [0, 0.05) is 0 Å². The van der Waals surface area contributed by atoms with Gasteiger partial charge in [-0.3, -0.25) is 0 Å². The van der Waals surface area contributed by atoms with E-state index in [0.29, 0.717) is 11.5 Å². The quantitative estimate of drug-likeness (QED) is 0.819. The fourth-order valence-corrected chi connectivity index (χ4v) is 2.32. The summed E-state index contributed by atoms with van der Waals surface area (Å²) in [7, 11) is 0. The molecule has 0 aliphatic carbocycles. The lowest BCUT2D eigenvalue weighted by molar-refractivity contribution is 0.568. The maximum Gasteiger partial charge on any atom is 0.144 e. The van der Waals surface area contributed by atoms with E-state index in [1.54, 1.807) is 13.0 Å². The zero-order valence-corrected chi connectivity index (χ0v) is 9.57. The van der Waals surface area contributed by atoms with Crippen LogP contribution in [0.4, 0.5) is 4.39 Å². The van der Waals surface area contributed by atoms with E-state index in [1.807, 2.05) is 6.07 Å². The fourth-order valence-electron chi connectivity index (χ4n) is 2.11. The second-order valence-electron chi connectivity index (χ2n) is 4.21. The van der Waals surface area contributed by atoms with Gasteiger partial charge >= 0.3 is 0 Å². The molecule has 1 heterocycles. The predicted molar refractivity (Wildman–Crippen MR) is 60.8 cm³/mol. The lowest BCUT2D eigenvalue weighted by atomic mass is 9.95. The minimum absolute atomic E-state index is 0.223. The molecule has 1 aliphatic rings. The van der Waals surface area contributed by atoms with Crippen LogP contribution in [-0.2, 0) is 6.42 Å². The van der Waals surface area contributed by atoms with Crippen LogP contribution in [-0.4, -0.2) is 13.1 Å². The average Bonchev–Trinajstić information content (AvgIpc) is 2.72. The summed E-state index contributed by atoms with van der Waals surface area (Å²) < 4.78 is 13.5. The van der Waals surface area contributed by atoms with Crippen molar-refractivity contribution in [3.05, 3.63) is 34.1 Å². The van der Waals surface area contributed by atoms with Crippen LogP contribution in [0.3, 0.4) is 0 Å². The number of hydrogen-bond acceptors (Lipinski definition) is 1. The van der Waals surface area contributed by atoms with Gasteiger partial charge in [0.15, 0.2) is 0 Å². The van der Waals surface area contributed by atoms with Gasteiger partial charge in [0.25, 0.3) is 0 Å². The second-order valence-corrected chi connectivity index (χ2v) is 4.62. The molecule has 1 unspecified atom stereocenters. The van der Waals surface area contributed by atoms with E-state index in [0.717, 1.165) is 25.1 Å². The monoisotopic (exact) mass is 227 g/mol. The highest BCUT2D eigenvalue weighted by molar-refractivity contribution is 6.30. The summed E-state index contributed by atoms with van der Waals surface area (Å²) >= 11 is 5.72. The van der Waals surface area contributed by atoms with Crippen LogP contribution in [0, 0.1) is 18.7 Å². The second kappa shape index (κ2) is 4.50. The minimum atomic E-state index is -0.264. The molecule has 3 heteroatoms. The smallest absolute Gasteiger partial charge is 0.144 e. The summed E-state index contributed by atoms with van der Waals surface area (Å²) in [4.78, 5) is 0. The Balaban J connectivity index is 2.17. The average molecular weight is 228 g/mol. The molecule has 1 nitrogen and oxygen atoms in total. The Morgan fingerprint density at radius 2 is 2.33 bits per heavy atom. The van der Waals surface area contributed by atoms with Gasteiger partial charge in [-0.2, -0.15) is 0 Å². The van der Waals surface area contributed by atoms with Gasteiger partial charge in [-0.1, -0.05) is 17.7 Å². The molecule has 0 bridgehead atoms. The van der Waals surface area contributed by atoms with Crippen molar-refractivity contribution >= 4 is 11.6 Å². The number of benzene rings is 1. The summed E-state index contributed by atoms with van der Waals surface area (Å²) in [5.41, 5.74) is 1.79. The van der Waals surface area contributed by atoms with Crippen LogP contribution in [0.15, 0.2) is 12.1 Å². The highest BCUT2D eigenvalue weighted by atomic mass is 35.5. The number of hydrogen-bond donors (Lipinski definition) is 1. The molecular weight excluding hydrogens is 213 g/mol. The van der Waals surface area contributed by atoms with Gasteiger partial charge < -0.3 is 5.32 Å². The topological polar surface area (TPSA) is 12.0 Å². The molecule has 1 N–H and O–H groups in total. The normalized spacial score (nSPS) is 20.9. The van der Waals surface area contributed by atoms with E-state index in [9.17, 15) is 4.39 Å². The summed E-state index contributed by atoms with van der Waals surface area (Å²) in [6.45, 7) is 3.93. The molecule has 1 aliphatic heterocycles. The van der Waals surface area contributed by atoms with Crippen LogP contribution in [0.2, 0.25) is 5.02 Å². The molecule has 1 atom stereocenters. The first-order chi connectivity index (χ1) is 7.18. The van der Waals surface area contributed by atoms with E-state index in [2.05, 4.69) is 5.32 Å². The third-order valence-electron chi connectivity index (χ3n) is 3.12. The highest BCUT2D eigenvalue weighted by Gasteiger charge is 2.17. The molecular formula is C12H15ClFN. The molecule has 1 fully saturated rings. The van der Waals surface area contributed by atoms with Crippen molar-refractivity contribution in [1.82, 2.24) is 5.32 Å². The Morgan fingerprint density at radius 3 is 3.00 bits per heavy atom. The maximum atomic E-state index is 13.5. The molecule has 0 saturated carbocycles. The van der Waals surface area contributed by atoms with E-state index >= 15 is 0 Å². The summed E-state index contributed by atoms with van der Waals surface area (Å²) in [5.74, 6) is 0.379. The molecule has 15 heavy (non-hydrogen) atoms. The maximum absolute atomic E-state index is 13.5. The number of halogens is 2. The first kappa shape index (κ1) is 10.9. The van der Waals surface area contributed by atoms with Crippen molar-refractivity contribution in [2.24, 2.45) is 5.92 Å². The SMILES string of the molecule is Cc1c(CC2CCNC2)ccc(Cl)c1F. The first-order valence-electron chi connectivity index (χ1n) is 5.32. The number of nitrogens with one attached hydrogen (secondary N) is 1. The van der Waals surface area contributed by atoms with E-state index in [-0.39, 0.29) is 10.8 Å². The molecule has 1 saturated heterocycles. The van der Waals surface area contributed by atoms with E-state index in [1.165, 1.54) is 6.42 Å². The molecule has 1 aromatic carbocycles. The van der Waals surface area contributed by atoms with E-state index < -0.39 is 0 Å². The van der Waals surface area contributed by atoms with Crippen molar-refractivity contribution in [1.29, 1.82) is 0 Å². The van der Waals surface area contributed by atoms with Gasteiger partial charge in [0.05, 0.1) is 5.02 Å². The zero-order valence-electron chi connectivity index (χ0n) is 8.82. The van der Waals surface area contributed by atoms with Crippen LogP contribution in [0.5, 0.6) is 0 Å². The van der Waals surface area contributed by atoms with Crippen molar-refractivity contribution < 1.29 is 4.39 Å². The van der Waals surface area contributed by atoms with Crippen molar-refractivity contribution in [2.45, 2.75) is 19.8 Å². The molecule has 0 spiro atoms. The van der Waals surface area contributed by atoms with E-state index in [4.69, 9.17) is 11.6 Å². The fraction of sp³-hybridized carbons (Fsp3) is 0.500. The van der Waals surface area contributed by atoms with Crippen LogP contribution in [0.25, 0.3) is 0 Å². The third kappa shape index (κ3) is 2.32. The van der Waals surface area contributed by atoms with Gasteiger partial charge in [0.1, 0.15) is 5.82 Å². The molecule has 1 aromatic rings. The zero-order chi connectivity index (χ0) is 10.8. The van der Waals surface area contributed by atoms with Crippen LogP contribution in [0.1, 0.15) is 17.5 Å². The molecule has 0 radical (unpaired) electrons. The lowest BCUT2D eigenvalue weighted by Gasteiger charge is -2.12. The van der Waals surface area contributed by atoms with Crippen LogP contribution >= 0.6 is 11.6 Å². The third-order valence-corrected chi connectivity index (χ3v) is 3.41. The van der Waals surface area contributed by atoms with Crippen LogP contribution < -0.4 is 5.32 Å². The highest BCUT2D eigenvalue weighted by Crippen LogP contribution is 2.24. The standard InChI is InChI=1S/C12H15ClFN/c1-8-10(2-3-11(13)12(8)14)6-9-4-5-15-7-9/h2-3,9,15H,4-7H2,1H3. The predicted octanol–water partition coefficient (Wildman–Crippen LogP) is 2.94. The summed E-state index contributed by atoms with van der Waals surface area (Å²) in [6.07, 6.45) is 2.14. The Kier molecular flexibility index (Phi) is 3.27. The summed E-state index contributed by atoms with van der Waals surface area (Å²) in [6, 6.07) is 3.60. The molecule has 0 aromatic heterocycles. The molecule has 82 valence electrons. The van der Waals surface area contributed by atoms with Crippen molar-refractivity contribution in [3.63, 3.8) is 0 Å². The Labute approximate surface area is 94.6 Å².